The maximum atomic E-state index is 13.5. The van der Waals surface area contributed by atoms with E-state index < -0.39 is 0 Å². The highest BCUT2D eigenvalue weighted by Crippen LogP contribution is 2.23. The average Bonchev–Trinajstić information content (AvgIpc) is 2.84. The van der Waals surface area contributed by atoms with Crippen LogP contribution in [0.15, 0.2) is 77.6 Å². The van der Waals surface area contributed by atoms with Gasteiger partial charge in [-0.05, 0) is 53.9 Å². The highest BCUT2D eigenvalue weighted by molar-refractivity contribution is 6.12. The van der Waals surface area contributed by atoms with E-state index in [4.69, 9.17) is 4.74 Å². The van der Waals surface area contributed by atoms with Crippen molar-refractivity contribution >= 4 is 22.4 Å². The summed E-state index contributed by atoms with van der Waals surface area (Å²) in [5.74, 6) is 0.785. The summed E-state index contributed by atoms with van der Waals surface area (Å²) in [6.45, 7) is 4.25. The number of nitrogens with zero attached hydrogens (tertiary/aromatic N) is 3. The monoisotopic (exact) mass is 427 g/mol. The van der Waals surface area contributed by atoms with Crippen molar-refractivity contribution in [2.24, 2.45) is 0 Å². The lowest BCUT2D eigenvalue weighted by atomic mass is 10.0. The van der Waals surface area contributed by atoms with Gasteiger partial charge in [0.2, 0.25) is 0 Å². The Labute approximate surface area is 186 Å². The van der Waals surface area contributed by atoms with Crippen molar-refractivity contribution < 1.29 is 9.53 Å². The number of aromatic nitrogens is 2. The van der Waals surface area contributed by atoms with Crippen LogP contribution in [0.25, 0.3) is 16.5 Å². The second kappa shape index (κ2) is 8.67. The first-order valence-electron chi connectivity index (χ1n) is 10.4. The number of methoxy groups -OCH3 is 1. The minimum Gasteiger partial charge on any atom is -0.497 e. The van der Waals surface area contributed by atoms with Gasteiger partial charge in [-0.15, -0.1) is 0 Å². The third-order valence-electron chi connectivity index (χ3n) is 5.58. The first-order chi connectivity index (χ1) is 15.4. The van der Waals surface area contributed by atoms with Crippen LogP contribution in [-0.2, 0) is 0 Å². The Morgan fingerprint density at radius 3 is 2.16 bits per heavy atom. The van der Waals surface area contributed by atoms with E-state index in [-0.39, 0.29) is 17.2 Å². The van der Waals surface area contributed by atoms with E-state index in [1.807, 2.05) is 24.3 Å². The smallest absolute Gasteiger partial charge is 0.279 e. The van der Waals surface area contributed by atoms with Gasteiger partial charge in [-0.3, -0.25) is 9.59 Å². The first kappa shape index (κ1) is 21.3. The number of amides is 1. The van der Waals surface area contributed by atoms with Gasteiger partial charge in [0.15, 0.2) is 5.69 Å². The zero-order chi connectivity index (χ0) is 22.8. The molecule has 6 heteroatoms. The van der Waals surface area contributed by atoms with E-state index in [1.54, 1.807) is 67.6 Å². The summed E-state index contributed by atoms with van der Waals surface area (Å²) < 4.78 is 6.47. The van der Waals surface area contributed by atoms with Gasteiger partial charge >= 0.3 is 0 Å². The molecule has 4 rings (SSSR count). The van der Waals surface area contributed by atoms with E-state index in [0.29, 0.717) is 28.1 Å². The summed E-state index contributed by atoms with van der Waals surface area (Å²) >= 11 is 0. The Hall–Kier alpha value is -3.93. The fourth-order valence-electron chi connectivity index (χ4n) is 3.60. The van der Waals surface area contributed by atoms with Crippen LogP contribution in [0.5, 0.6) is 5.75 Å². The van der Waals surface area contributed by atoms with E-state index in [1.165, 1.54) is 10.2 Å². The summed E-state index contributed by atoms with van der Waals surface area (Å²) in [7, 11) is 3.29. The van der Waals surface area contributed by atoms with Crippen LogP contribution in [0.1, 0.15) is 35.8 Å². The molecular formula is C26H25N3O3. The molecule has 0 saturated heterocycles. The summed E-state index contributed by atoms with van der Waals surface area (Å²) in [5, 5.41) is 5.45. The molecule has 0 atom stereocenters. The molecule has 0 aliphatic heterocycles. The van der Waals surface area contributed by atoms with Crippen LogP contribution < -0.4 is 15.2 Å². The van der Waals surface area contributed by atoms with Crippen molar-refractivity contribution in [2.45, 2.75) is 19.8 Å². The number of hydrogen-bond donors (Lipinski definition) is 0. The quantitative estimate of drug-likeness (QED) is 0.459. The highest BCUT2D eigenvalue weighted by atomic mass is 16.5. The van der Waals surface area contributed by atoms with E-state index in [0.717, 1.165) is 5.69 Å². The van der Waals surface area contributed by atoms with Crippen molar-refractivity contribution in [2.75, 3.05) is 19.1 Å². The number of rotatable bonds is 5. The van der Waals surface area contributed by atoms with Crippen molar-refractivity contribution in [1.29, 1.82) is 0 Å². The molecule has 162 valence electrons. The average molecular weight is 428 g/mol. The molecule has 0 unspecified atom stereocenters. The summed E-state index contributed by atoms with van der Waals surface area (Å²) in [6, 6.07) is 21.9. The van der Waals surface area contributed by atoms with Gasteiger partial charge in [-0.1, -0.05) is 44.2 Å². The first-order valence-corrected chi connectivity index (χ1v) is 10.4. The lowest BCUT2D eigenvalue weighted by Crippen LogP contribution is -2.31. The minimum atomic E-state index is -0.291. The zero-order valence-corrected chi connectivity index (χ0v) is 18.6. The summed E-state index contributed by atoms with van der Waals surface area (Å²) in [4.78, 5) is 28.2. The largest absolute Gasteiger partial charge is 0.497 e. The molecular weight excluding hydrogens is 402 g/mol. The molecule has 0 aliphatic rings. The fraction of sp³-hybridized carbons (Fsp3) is 0.192. The Bertz CT molecular complexity index is 1320. The maximum absolute atomic E-state index is 13.5. The van der Waals surface area contributed by atoms with Crippen molar-refractivity contribution in [3.63, 3.8) is 0 Å². The third-order valence-corrected chi connectivity index (χ3v) is 5.58. The molecule has 1 heterocycles. The number of fused-ring (bicyclic) bond motifs is 1. The van der Waals surface area contributed by atoms with Gasteiger partial charge in [-0.2, -0.15) is 9.78 Å². The molecule has 1 amide bonds. The topological polar surface area (TPSA) is 64.4 Å². The van der Waals surface area contributed by atoms with Crippen LogP contribution in [0.3, 0.4) is 0 Å². The van der Waals surface area contributed by atoms with E-state index >= 15 is 0 Å². The highest BCUT2D eigenvalue weighted by Gasteiger charge is 2.21. The second-order valence-electron chi connectivity index (χ2n) is 7.92. The van der Waals surface area contributed by atoms with E-state index in [2.05, 4.69) is 18.9 Å². The second-order valence-corrected chi connectivity index (χ2v) is 7.92. The van der Waals surface area contributed by atoms with Crippen LogP contribution >= 0.6 is 0 Å². The number of anilines is 1. The minimum absolute atomic E-state index is 0.214. The molecule has 0 fully saturated rings. The molecule has 0 saturated carbocycles. The Morgan fingerprint density at radius 1 is 0.938 bits per heavy atom. The molecule has 0 aliphatic carbocycles. The Morgan fingerprint density at radius 2 is 1.56 bits per heavy atom. The fourth-order valence-corrected chi connectivity index (χ4v) is 3.60. The number of ether oxygens (including phenoxy) is 1. The van der Waals surface area contributed by atoms with Crippen LogP contribution in [0.4, 0.5) is 5.69 Å². The Balaban J connectivity index is 1.82. The van der Waals surface area contributed by atoms with Gasteiger partial charge in [0.05, 0.1) is 18.2 Å². The van der Waals surface area contributed by atoms with Crippen LogP contribution in [-0.4, -0.2) is 29.8 Å². The van der Waals surface area contributed by atoms with Gasteiger partial charge in [0.25, 0.3) is 11.5 Å². The molecule has 0 spiro atoms. The van der Waals surface area contributed by atoms with Crippen LogP contribution in [0.2, 0.25) is 0 Å². The number of hydrogen-bond acceptors (Lipinski definition) is 4. The number of carbonyl (C=O) groups is 1. The van der Waals surface area contributed by atoms with Crippen molar-refractivity contribution in [1.82, 2.24) is 9.78 Å². The van der Waals surface area contributed by atoms with Crippen LogP contribution in [0, 0.1) is 0 Å². The normalized spacial score (nSPS) is 11.0. The van der Waals surface area contributed by atoms with Gasteiger partial charge < -0.3 is 9.64 Å². The summed E-state index contributed by atoms with van der Waals surface area (Å²) in [6.07, 6.45) is 0. The van der Waals surface area contributed by atoms with Gasteiger partial charge in [-0.25, -0.2) is 0 Å². The molecule has 0 bridgehead atoms. The van der Waals surface area contributed by atoms with E-state index in [9.17, 15) is 9.59 Å². The SMILES string of the molecule is COc1ccc(-n2nc(C(=O)N(C)c3ccc(C(C)C)cc3)c3ccccc3c2=O)cc1. The molecule has 4 aromatic rings. The summed E-state index contributed by atoms with van der Waals surface area (Å²) in [5.41, 5.74) is 2.44. The molecule has 32 heavy (non-hydrogen) atoms. The number of carbonyl (C=O) groups excluding carboxylic acids is 1. The zero-order valence-electron chi connectivity index (χ0n) is 18.6. The standard InChI is InChI=1S/C26H25N3O3/c1-17(2)18-9-11-19(12-10-18)28(3)26(31)24-22-7-5-6-8-23(22)25(30)29(27-24)20-13-15-21(32-4)16-14-20/h5-17H,1-4H3. The third kappa shape index (κ3) is 3.87. The predicted molar refractivity (Wildman–Crippen MR) is 127 cm³/mol. The lowest BCUT2D eigenvalue weighted by Gasteiger charge is -2.19. The molecule has 6 nitrogen and oxygen atoms in total. The maximum Gasteiger partial charge on any atom is 0.279 e. The molecule has 0 radical (unpaired) electrons. The molecule has 0 N–H and O–H groups in total. The van der Waals surface area contributed by atoms with Gasteiger partial charge in [0, 0.05) is 18.1 Å². The van der Waals surface area contributed by atoms with Crippen molar-refractivity contribution in [3.05, 3.63) is 94.4 Å². The van der Waals surface area contributed by atoms with Gasteiger partial charge in [0.1, 0.15) is 5.75 Å². The van der Waals surface area contributed by atoms with Crippen molar-refractivity contribution in [3.8, 4) is 11.4 Å². The molecule has 1 aromatic heterocycles. The molecule has 3 aromatic carbocycles. The lowest BCUT2D eigenvalue weighted by molar-refractivity contribution is 0.0988. The Kier molecular flexibility index (Phi) is 5.77. The number of benzene rings is 3. The predicted octanol–water partition coefficient (Wildman–Crippen LogP) is 4.79.